The summed E-state index contributed by atoms with van der Waals surface area (Å²) in [7, 11) is -1.68. The largest absolute Gasteiger partial charge is 0.480 e. The molecule has 2 saturated heterocycles. The first-order valence-electron chi connectivity index (χ1n) is 24.3. The Labute approximate surface area is 418 Å². The van der Waals surface area contributed by atoms with Crippen molar-refractivity contribution in [3.8, 4) is 0 Å². The van der Waals surface area contributed by atoms with Crippen molar-refractivity contribution < 1.29 is 63.7 Å². The number of benzene rings is 2. The highest BCUT2D eigenvalue weighted by atomic mass is 16.4. The number of rotatable bonds is 25. The molecule has 4 rings (SSSR count). The van der Waals surface area contributed by atoms with Crippen LogP contribution in [0, 0.1) is 0 Å². The number of guanidine groups is 1. The summed E-state index contributed by atoms with van der Waals surface area (Å²) in [6.07, 6.45) is 3.35. The van der Waals surface area contributed by atoms with Gasteiger partial charge in [0, 0.05) is 89.7 Å². The van der Waals surface area contributed by atoms with Gasteiger partial charge in [-0.3, -0.25) is 62.9 Å². The number of aliphatic carboxylic acids is 3. The van der Waals surface area contributed by atoms with E-state index in [-0.39, 0.29) is 115 Å². The Morgan fingerprint density at radius 3 is 1.62 bits per heavy atom. The Morgan fingerprint density at radius 1 is 0.653 bits per heavy atom. The van der Waals surface area contributed by atoms with Crippen molar-refractivity contribution >= 4 is 71.3 Å². The van der Waals surface area contributed by atoms with Crippen LogP contribution in [0.2, 0.25) is 0 Å². The molecule has 13 N–H and O–H groups in total. The van der Waals surface area contributed by atoms with E-state index in [0.717, 1.165) is 0 Å². The molecule has 25 nitrogen and oxygen atoms in total. The number of likely N-dealkylation sites (tertiary alicyclic amines) is 1. The maximum atomic E-state index is 13.6. The van der Waals surface area contributed by atoms with E-state index in [4.69, 9.17) is 11.5 Å². The number of amides is 5. The van der Waals surface area contributed by atoms with Crippen LogP contribution in [-0.4, -0.2) is 233 Å². The van der Waals surface area contributed by atoms with Gasteiger partial charge in [0.25, 0.3) is 11.8 Å². The van der Waals surface area contributed by atoms with Crippen LogP contribution in [-0.2, 0) is 28.8 Å². The number of carbonyl (C=O) groups is 8. The van der Waals surface area contributed by atoms with Crippen LogP contribution in [0.3, 0.4) is 0 Å². The minimum atomic E-state index is -1.68. The van der Waals surface area contributed by atoms with Crippen LogP contribution in [0.1, 0.15) is 72.6 Å². The molecule has 2 aromatic rings. The number of unbranched alkanes of at least 4 members (excludes halogenated alkanes) is 2. The van der Waals surface area contributed by atoms with E-state index in [1.165, 1.54) is 17.9 Å². The van der Waals surface area contributed by atoms with E-state index >= 15 is 0 Å². The molecule has 2 heterocycles. The smallest absolute Gasteiger partial charge is 0.475 e. The molecule has 2 aromatic carbocycles. The summed E-state index contributed by atoms with van der Waals surface area (Å²) < 4.78 is 0. The second-order valence-corrected chi connectivity index (χ2v) is 18.0. The van der Waals surface area contributed by atoms with Gasteiger partial charge in [-0.25, -0.2) is 0 Å². The molecule has 396 valence electrons. The number of hydrogen-bond donors (Lipinski definition) is 11. The molecule has 0 saturated carbocycles. The van der Waals surface area contributed by atoms with Crippen LogP contribution < -0.4 is 32.7 Å². The highest BCUT2D eigenvalue weighted by molar-refractivity contribution is 6.43. The van der Waals surface area contributed by atoms with Crippen LogP contribution in [0.4, 0.5) is 0 Å². The van der Waals surface area contributed by atoms with E-state index in [2.05, 4.69) is 26.3 Å². The fraction of sp³-hybridized carbons (Fsp3) is 0.587. The summed E-state index contributed by atoms with van der Waals surface area (Å²) >= 11 is 0. The highest BCUT2D eigenvalue weighted by Gasteiger charge is 2.39. The van der Waals surface area contributed by atoms with E-state index in [1.807, 2.05) is 0 Å². The molecular weight excluding hydrogens is 939 g/mol. The average Bonchev–Trinajstić information content (AvgIpc) is 3.82. The Bertz CT molecular complexity index is 2190. The minimum Gasteiger partial charge on any atom is -0.480 e. The van der Waals surface area contributed by atoms with Gasteiger partial charge in [-0.2, -0.15) is 0 Å². The summed E-state index contributed by atoms with van der Waals surface area (Å²) in [6, 6.07) is 8.08. The number of nitrogens with two attached hydrogens (primary N) is 2. The number of hydrogen-bond acceptors (Lipinski definition) is 15. The lowest BCUT2D eigenvalue weighted by Crippen LogP contribution is -2.52. The Balaban J connectivity index is 1.30. The molecule has 0 radical (unpaired) electrons. The maximum absolute atomic E-state index is 13.6. The third-order valence-electron chi connectivity index (χ3n) is 12.5. The Hall–Kier alpha value is -6.45. The van der Waals surface area contributed by atoms with Crippen LogP contribution in [0.15, 0.2) is 41.4 Å². The van der Waals surface area contributed by atoms with E-state index in [1.54, 1.807) is 49.9 Å². The van der Waals surface area contributed by atoms with Crippen molar-refractivity contribution in [2.24, 2.45) is 16.5 Å². The van der Waals surface area contributed by atoms with E-state index in [9.17, 15) is 63.7 Å². The summed E-state index contributed by atoms with van der Waals surface area (Å²) in [5.74, 6) is -6.33. The normalized spacial score (nSPS) is 17.4. The van der Waals surface area contributed by atoms with Crippen LogP contribution in [0.25, 0.3) is 10.8 Å². The molecule has 2 fully saturated rings. The number of carbonyl (C=O) groups excluding carboxylic acids is 5. The predicted molar refractivity (Wildman–Crippen MR) is 266 cm³/mol. The van der Waals surface area contributed by atoms with Gasteiger partial charge in [0.1, 0.15) is 12.1 Å². The Kier molecular flexibility index (Phi) is 24.1. The zero-order valence-electron chi connectivity index (χ0n) is 40.9. The predicted octanol–water partition coefficient (Wildman–Crippen LogP) is -3.01. The van der Waals surface area contributed by atoms with Crippen molar-refractivity contribution in [3.63, 3.8) is 0 Å². The van der Waals surface area contributed by atoms with Crippen LogP contribution in [0.5, 0.6) is 0 Å². The van der Waals surface area contributed by atoms with Gasteiger partial charge >= 0.3 is 25.0 Å². The molecule has 0 bridgehead atoms. The Morgan fingerprint density at radius 2 is 1.14 bits per heavy atom. The average molecular weight is 1010 g/mol. The van der Waals surface area contributed by atoms with E-state index in [0.29, 0.717) is 68.0 Å². The van der Waals surface area contributed by atoms with Crippen molar-refractivity contribution in [2.45, 2.75) is 69.9 Å². The highest BCUT2D eigenvalue weighted by Crippen LogP contribution is 2.24. The lowest BCUT2D eigenvalue weighted by molar-refractivity contribution is -0.140. The second kappa shape index (κ2) is 29.8. The van der Waals surface area contributed by atoms with Gasteiger partial charge in [0.2, 0.25) is 17.7 Å². The monoisotopic (exact) mass is 1010 g/mol. The fourth-order valence-corrected chi connectivity index (χ4v) is 8.72. The standard InChI is InChI=1S/C46H71BN12O13/c1-31(45(70)59-18-8-12-37(59)47(71)72)53-43(68)35-14-13-34(32-9-3-4-10-33(32)35)42(67)50-15-5-2-6-16-51-44(69)36(11-7-17-52-46(48)49)54-38(60)27-55-19-21-56(28-39(61)62)23-25-58(30-41(65)66)26-24-57(22-20-55)29-40(63)64/h3-4,9-10,13-14,31,36-37,71-72H,2,5-8,11-12,15-30H2,1H3,(H,50,67)(H,51,69)(H,53,68)(H,54,60)(H,61,62)(H,63,64)(H,65,66)(H4,48,49,52)/t31-,36+,37+/m1/s1. The molecule has 0 spiro atoms. The lowest BCUT2D eigenvalue weighted by Gasteiger charge is -2.33. The molecule has 0 aliphatic carbocycles. The van der Waals surface area contributed by atoms with Crippen molar-refractivity contribution in [1.29, 1.82) is 0 Å². The molecular formula is C46H71BN12O13. The molecule has 0 aromatic heterocycles. The van der Waals surface area contributed by atoms with Gasteiger partial charge < -0.3 is 63.0 Å². The van der Waals surface area contributed by atoms with Gasteiger partial charge in [-0.15, -0.1) is 0 Å². The number of carboxylic acid groups (broad SMARTS) is 3. The zero-order chi connectivity index (χ0) is 52.7. The molecule has 2 aliphatic rings. The fourth-order valence-electron chi connectivity index (χ4n) is 8.72. The maximum Gasteiger partial charge on any atom is 0.475 e. The molecule has 72 heavy (non-hydrogen) atoms. The molecule has 3 atom stereocenters. The first-order valence-corrected chi connectivity index (χ1v) is 24.3. The van der Waals surface area contributed by atoms with Gasteiger partial charge in [0.15, 0.2) is 5.96 Å². The van der Waals surface area contributed by atoms with Gasteiger partial charge in [-0.1, -0.05) is 24.3 Å². The lowest BCUT2D eigenvalue weighted by atomic mass is 9.78. The number of nitrogens with one attached hydrogen (secondary N) is 4. The second-order valence-electron chi connectivity index (χ2n) is 18.0. The van der Waals surface area contributed by atoms with Crippen molar-refractivity contribution in [2.75, 3.05) is 105 Å². The van der Waals surface area contributed by atoms with Crippen LogP contribution >= 0.6 is 0 Å². The zero-order valence-corrected chi connectivity index (χ0v) is 40.9. The number of carboxylic acids is 3. The van der Waals surface area contributed by atoms with Gasteiger partial charge in [0.05, 0.1) is 32.1 Å². The third kappa shape index (κ3) is 19.6. The molecule has 26 heteroatoms. The summed E-state index contributed by atoms with van der Waals surface area (Å²) in [4.78, 5) is 114. The topological polar surface area (TPSA) is 366 Å². The summed E-state index contributed by atoms with van der Waals surface area (Å²) in [5, 5.41) is 60.3. The molecule has 2 aliphatic heterocycles. The molecule has 0 unspecified atom stereocenters. The number of fused-ring (bicyclic) bond motifs is 1. The van der Waals surface area contributed by atoms with Gasteiger partial charge in [-0.05, 0) is 74.8 Å². The van der Waals surface area contributed by atoms with E-state index < -0.39 is 66.7 Å². The first kappa shape index (κ1) is 58.1. The first-order chi connectivity index (χ1) is 34.3. The van der Waals surface area contributed by atoms with Crippen molar-refractivity contribution in [1.82, 2.24) is 45.8 Å². The minimum absolute atomic E-state index is 0.124. The SMILES string of the molecule is C[C@@H](NC(=O)c1ccc(C(=O)NCCCCCNC(=O)[C@H](CCCN=C(N)N)NC(=O)CN2CCN(CC(=O)O)CCN(CC(=O)O)CCN(CC(=O)O)CC2)c2ccccc12)C(=O)N1CCC[C@H]1B(O)O. The number of nitrogens with zero attached hydrogens (tertiary/aromatic N) is 6. The van der Waals surface area contributed by atoms with Crippen molar-refractivity contribution in [3.05, 3.63) is 47.5 Å². The number of aliphatic imine (C=N–C) groups is 1. The third-order valence-corrected chi connectivity index (χ3v) is 12.5. The molecule has 5 amide bonds. The summed E-state index contributed by atoms with van der Waals surface area (Å²) in [5.41, 5.74) is 11.6. The summed E-state index contributed by atoms with van der Waals surface area (Å²) in [6.45, 7) is 3.28. The quantitative estimate of drug-likeness (QED) is 0.0204.